The minimum Gasteiger partial charge on any atom is -0.497 e. The number of benzene rings is 2. The molecule has 33 heavy (non-hydrogen) atoms. The van der Waals surface area contributed by atoms with Crippen LogP contribution < -0.4 is 21.1 Å². The number of rotatable bonds is 9. The number of nitrogens with one attached hydrogen (secondary N) is 2. The molecule has 174 valence electrons. The van der Waals surface area contributed by atoms with Crippen LogP contribution in [0.25, 0.3) is 10.9 Å². The molecule has 10 heteroatoms. The van der Waals surface area contributed by atoms with Gasteiger partial charge in [-0.1, -0.05) is 19.9 Å². The maximum absolute atomic E-state index is 12.9. The van der Waals surface area contributed by atoms with Crippen molar-refractivity contribution >= 4 is 43.9 Å². The SMILES string of the molecule is COc1cccc(Nc2c(C(N)=O)cnc3ccc(S(=O)(=O)CCNC(=O)C(C)C)cc23)c1. The van der Waals surface area contributed by atoms with E-state index in [9.17, 15) is 18.0 Å². The van der Waals surface area contributed by atoms with Gasteiger partial charge in [0.15, 0.2) is 9.84 Å². The Morgan fingerprint density at radius 2 is 1.91 bits per heavy atom. The van der Waals surface area contributed by atoms with Gasteiger partial charge < -0.3 is 21.1 Å². The lowest BCUT2D eigenvalue weighted by Crippen LogP contribution is -2.32. The van der Waals surface area contributed by atoms with Crippen LogP contribution in [0.1, 0.15) is 24.2 Å². The Labute approximate surface area is 192 Å². The van der Waals surface area contributed by atoms with E-state index in [2.05, 4.69) is 15.6 Å². The van der Waals surface area contributed by atoms with Crippen LogP contribution in [0.4, 0.5) is 11.4 Å². The van der Waals surface area contributed by atoms with Crippen LogP contribution in [0, 0.1) is 5.92 Å². The smallest absolute Gasteiger partial charge is 0.252 e. The molecule has 1 aromatic heterocycles. The van der Waals surface area contributed by atoms with Crippen LogP contribution in [0.2, 0.25) is 0 Å². The first-order valence-electron chi connectivity index (χ1n) is 10.3. The summed E-state index contributed by atoms with van der Waals surface area (Å²) in [6.45, 7) is 3.45. The van der Waals surface area contributed by atoms with Crippen molar-refractivity contribution in [1.82, 2.24) is 10.3 Å². The van der Waals surface area contributed by atoms with Crippen LogP contribution in [0.5, 0.6) is 5.75 Å². The van der Waals surface area contributed by atoms with E-state index in [0.717, 1.165) is 0 Å². The standard InChI is InChI=1S/C23H26N4O5S/c1-14(2)23(29)25-9-10-33(30,31)17-7-8-20-18(12-17)21(19(13-26-20)22(24)28)27-15-5-4-6-16(11-15)32-3/h4-8,11-14H,9-10H2,1-3H3,(H2,24,28)(H,25,29)(H,26,27). The largest absolute Gasteiger partial charge is 0.497 e. The predicted octanol–water partition coefficient (Wildman–Crippen LogP) is 2.63. The molecule has 0 aliphatic rings. The molecule has 0 radical (unpaired) electrons. The number of hydrogen-bond donors (Lipinski definition) is 3. The fourth-order valence-electron chi connectivity index (χ4n) is 3.16. The zero-order valence-electron chi connectivity index (χ0n) is 18.6. The Bertz CT molecular complexity index is 1310. The van der Waals surface area contributed by atoms with Gasteiger partial charge in [-0.25, -0.2) is 8.42 Å². The molecule has 0 aliphatic heterocycles. The lowest BCUT2D eigenvalue weighted by Gasteiger charge is -2.15. The van der Waals surface area contributed by atoms with Crippen LogP contribution in [-0.2, 0) is 14.6 Å². The molecule has 4 N–H and O–H groups in total. The number of anilines is 2. The van der Waals surface area contributed by atoms with E-state index >= 15 is 0 Å². The molecule has 0 aliphatic carbocycles. The summed E-state index contributed by atoms with van der Waals surface area (Å²) in [7, 11) is -2.17. The molecule has 3 aromatic rings. The van der Waals surface area contributed by atoms with Gasteiger partial charge in [0.25, 0.3) is 5.91 Å². The van der Waals surface area contributed by atoms with Crippen molar-refractivity contribution in [3.63, 3.8) is 0 Å². The van der Waals surface area contributed by atoms with Crippen molar-refractivity contribution in [3.8, 4) is 5.75 Å². The second-order valence-corrected chi connectivity index (χ2v) is 9.82. The Morgan fingerprint density at radius 3 is 2.58 bits per heavy atom. The number of carbonyl (C=O) groups excluding carboxylic acids is 2. The van der Waals surface area contributed by atoms with Crippen LogP contribution >= 0.6 is 0 Å². The van der Waals surface area contributed by atoms with E-state index in [1.165, 1.54) is 25.4 Å². The Balaban J connectivity index is 2.02. The molecule has 2 amide bonds. The number of aromatic nitrogens is 1. The lowest BCUT2D eigenvalue weighted by molar-refractivity contribution is -0.123. The third kappa shape index (κ3) is 5.58. The van der Waals surface area contributed by atoms with Crippen LogP contribution in [-0.4, -0.2) is 44.6 Å². The Kier molecular flexibility index (Phi) is 7.17. The van der Waals surface area contributed by atoms with Gasteiger partial charge >= 0.3 is 0 Å². The summed E-state index contributed by atoms with van der Waals surface area (Å²) in [6, 6.07) is 11.5. The van der Waals surface area contributed by atoms with Crippen LogP contribution in [0.3, 0.4) is 0 Å². The minimum atomic E-state index is -3.71. The molecule has 0 fully saturated rings. The predicted molar refractivity (Wildman–Crippen MR) is 126 cm³/mol. The molecule has 0 saturated heterocycles. The summed E-state index contributed by atoms with van der Waals surface area (Å²) in [5.74, 6) is -0.829. The van der Waals surface area contributed by atoms with Gasteiger partial charge in [-0.3, -0.25) is 14.6 Å². The molecule has 0 unspecified atom stereocenters. The van der Waals surface area contributed by atoms with Gasteiger partial charge in [0.1, 0.15) is 5.75 Å². The topological polar surface area (TPSA) is 140 Å². The summed E-state index contributed by atoms with van der Waals surface area (Å²) in [5, 5.41) is 6.17. The number of pyridine rings is 1. The number of methoxy groups -OCH3 is 1. The quantitative estimate of drug-likeness (QED) is 0.437. The average Bonchev–Trinajstić information content (AvgIpc) is 2.78. The number of primary amides is 1. The highest BCUT2D eigenvalue weighted by Crippen LogP contribution is 2.32. The van der Waals surface area contributed by atoms with E-state index in [1.807, 2.05) is 0 Å². The van der Waals surface area contributed by atoms with Gasteiger partial charge in [0, 0.05) is 35.8 Å². The third-order valence-corrected chi connectivity index (χ3v) is 6.71. The summed E-state index contributed by atoms with van der Waals surface area (Å²) >= 11 is 0. The fourth-order valence-corrected chi connectivity index (χ4v) is 4.34. The molecule has 0 saturated carbocycles. The molecule has 1 heterocycles. The van der Waals surface area contributed by atoms with Crippen molar-refractivity contribution in [2.24, 2.45) is 11.7 Å². The molecular formula is C23H26N4O5S. The summed E-state index contributed by atoms with van der Waals surface area (Å²) < 4.78 is 31.0. The molecule has 0 atom stereocenters. The number of sulfone groups is 1. The normalized spacial score (nSPS) is 11.4. The van der Waals surface area contributed by atoms with E-state index in [4.69, 9.17) is 10.5 Å². The highest BCUT2D eigenvalue weighted by atomic mass is 32.2. The average molecular weight is 471 g/mol. The molecular weight excluding hydrogens is 444 g/mol. The first kappa shape index (κ1) is 24.0. The van der Waals surface area contributed by atoms with E-state index in [1.54, 1.807) is 44.2 Å². The van der Waals surface area contributed by atoms with Crippen molar-refractivity contribution < 1.29 is 22.7 Å². The Morgan fingerprint density at radius 1 is 1.15 bits per heavy atom. The van der Waals surface area contributed by atoms with E-state index in [0.29, 0.717) is 28.0 Å². The van der Waals surface area contributed by atoms with Crippen molar-refractivity contribution in [1.29, 1.82) is 0 Å². The highest BCUT2D eigenvalue weighted by molar-refractivity contribution is 7.91. The minimum absolute atomic E-state index is 0.00806. The van der Waals surface area contributed by atoms with Crippen molar-refractivity contribution in [2.75, 3.05) is 24.7 Å². The number of nitrogens with two attached hydrogens (primary N) is 1. The third-order valence-electron chi connectivity index (χ3n) is 5.00. The number of ether oxygens (including phenoxy) is 1. The molecule has 0 bridgehead atoms. The lowest BCUT2D eigenvalue weighted by atomic mass is 10.1. The number of carbonyl (C=O) groups is 2. The van der Waals surface area contributed by atoms with Crippen molar-refractivity contribution in [2.45, 2.75) is 18.7 Å². The van der Waals surface area contributed by atoms with Gasteiger partial charge in [0.05, 0.1) is 34.5 Å². The number of amides is 2. The zero-order valence-corrected chi connectivity index (χ0v) is 19.4. The van der Waals surface area contributed by atoms with Gasteiger partial charge in [-0.2, -0.15) is 0 Å². The van der Waals surface area contributed by atoms with E-state index < -0.39 is 15.7 Å². The van der Waals surface area contributed by atoms with Gasteiger partial charge in [-0.05, 0) is 30.3 Å². The first-order valence-corrected chi connectivity index (χ1v) is 11.9. The summed E-state index contributed by atoms with van der Waals surface area (Å²) in [4.78, 5) is 28.1. The number of nitrogens with zero attached hydrogens (tertiary/aromatic N) is 1. The number of hydrogen-bond acceptors (Lipinski definition) is 7. The zero-order chi connectivity index (χ0) is 24.2. The maximum atomic E-state index is 12.9. The summed E-state index contributed by atoms with van der Waals surface area (Å²) in [6.07, 6.45) is 1.35. The summed E-state index contributed by atoms with van der Waals surface area (Å²) in [5.41, 5.74) is 7.11. The highest BCUT2D eigenvalue weighted by Gasteiger charge is 2.19. The first-order chi connectivity index (χ1) is 15.6. The van der Waals surface area contributed by atoms with E-state index in [-0.39, 0.29) is 34.6 Å². The maximum Gasteiger partial charge on any atom is 0.252 e. The second kappa shape index (κ2) is 9.86. The molecule has 9 nitrogen and oxygen atoms in total. The van der Waals surface area contributed by atoms with Crippen molar-refractivity contribution in [3.05, 3.63) is 54.2 Å². The fraction of sp³-hybridized carbons (Fsp3) is 0.261. The van der Waals surface area contributed by atoms with Gasteiger partial charge in [0.2, 0.25) is 5.91 Å². The molecule has 2 aromatic carbocycles. The van der Waals surface area contributed by atoms with Gasteiger partial charge in [-0.15, -0.1) is 0 Å². The molecule has 3 rings (SSSR count). The number of fused-ring (bicyclic) bond motifs is 1. The monoisotopic (exact) mass is 470 g/mol. The second-order valence-electron chi connectivity index (χ2n) is 7.71. The van der Waals surface area contributed by atoms with Crippen LogP contribution in [0.15, 0.2) is 53.6 Å². The Hall–Kier alpha value is -3.66. The molecule has 0 spiro atoms.